The first kappa shape index (κ1) is 14.5. The van der Waals surface area contributed by atoms with Crippen molar-refractivity contribution in [1.29, 1.82) is 0 Å². The Hall–Kier alpha value is -2.07. The van der Waals surface area contributed by atoms with Gasteiger partial charge in [-0.15, -0.1) is 0 Å². The fourth-order valence-electron chi connectivity index (χ4n) is 3.79. The molecule has 0 saturated carbocycles. The van der Waals surface area contributed by atoms with Gasteiger partial charge in [0.25, 0.3) is 0 Å². The number of likely N-dealkylation sites (tertiary alicyclic amines) is 1. The Labute approximate surface area is 138 Å². The Balaban J connectivity index is 1.50. The van der Waals surface area contributed by atoms with Gasteiger partial charge in [0.05, 0.1) is 17.6 Å². The lowest BCUT2D eigenvalue weighted by Crippen LogP contribution is -2.52. The zero-order chi connectivity index (χ0) is 16.0. The molecule has 0 aliphatic carbocycles. The van der Waals surface area contributed by atoms with Gasteiger partial charge in [-0.3, -0.25) is 4.98 Å². The summed E-state index contributed by atoms with van der Waals surface area (Å²) in [5.41, 5.74) is 4.67. The standard InChI is InChI=1S/C19H24N4/c1-21(2)16-6-4-14(5-7-16)18-9-8-17(10-20-18)23-12-15-11-22(3)19(15)13-23/h4-10,15,19H,11-13H2,1-3H3. The number of nitrogens with zero attached hydrogens (tertiary/aromatic N) is 4. The van der Waals surface area contributed by atoms with Gasteiger partial charge in [0.1, 0.15) is 0 Å². The van der Waals surface area contributed by atoms with Crippen LogP contribution in [0, 0.1) is 5.92 Å². The molecule has 2 fully saturated rings. The van der Waals surface area contributed by atoms with Crippen molar-refractivity contribution in [2.45, 2.75) is 6.04 Å². The van der Waals surface area contributed by atoms with Gasteiger partial charge < -0.3 is 14.7 Å². The lowest BCUT2D eigenvalue weighted by atomic mass is 9.93. The molecule has 0 radical (unpaired) electrons. The van der Waals surface area contributed by atoms with Gasteiger partial charge in [-0.25, -0.2) is 0 Å². The van der Waals surface area contributed by atoms with E-state index >= 15 is 0 Å². The highest BCUT2D eigenvalue weighted by molar-refractivity contribution is 5.64. The predicted molar refractivity (Wildman–Crippen MR) is 96.1 cm³/mol. The van der Waals surface area contributed by atoms with E-state index in [0.29, 0.717) is 0 Å². The molecule has 0 amide bonds. The van der Waals surface area contributed by atoms with Gasteiger partial charge in [0.15, 0.2) is 0 Å². The fourth-order valence-corrected chi connectivity index (χ4v) is 3.79. The van der Waals surface area contributed by atoms with E-state index in [9.17, 15) is 0 Å². The van der Waals surface area contributed by atoms with Crippen LogP contribution in [0.15, 0.2) is 42.6 Å². The van der Waals surface area contributed by atoms with Crippen molar-refractivity contribution < 1.29 is 0 Å². The van der Waals surface area contributed by atoms with E-state index in [0.717, 1.165) is 24.2 Å². The van der Waals surface area contributed by atoms with Crippen LogP contribution in [-0.2, 0) is 0 Å². The monoisotopic (exact) mass is 308 g/mol. The Kier molecular flexibility index (Phi) is 3.49. The average molecular weight is 308 g/mol. The van der Waals surface area contributed by atoms with Crippen LogP contribution in [-0.4, -0.2) is 56.7 Å². The number of anilines is 2. The Morgan fingerprint density at radius 3 is 2.35 bits per heavy atom. The van der Waals surface area contributed by atoms with Crippen LogP contribution >= 0.6 is 0 Å². The van der Waals surface area contributed by atoms with Crippen LogP contribution in [0.1, 0.15) is 0 Å². The van der Waals surface area contributed by atoms with E-state index in [-0.39, 0.29) is 0 Å². The molecule has 2 atom stereocenters. The number of hydrogen-bond acceptors (Lipinski definition) is 4. The maximum Gasteiger partial charge on any atom is 0.0703 e. The molecule has 0 spiro atoms. The third kappa shape index (κ3) is 2.57. The van der Waals surface area contributed by atoms with E-state index in [1.165, 1.54) is 30.0 Å². The first-order chi connectivity index (χ1) is 11.1. The number of rotatable bonds is 3. The van der Waals surface area contributed by atoms with Crippen molar-refractivity contribution in [2.24, 2.45) is 5.92 Å². The molecular weight excluding hydrogens is 284 g/mol. The summed E-state index contributed by atoms with van der Waals surface area (Å²) < 4.78 is 0. The van der Waals surface area contributed by atoms with Crippen LogP contribution in [0.2, 0.25) is 0 Å². The third-order valence-electron chi connectivity index (χ3n) is 5.29. The van der Waals surface area contributed by atoms with Gasteiger partial charge >= 0.3 is 0 Å². The minimum Gasteiger partial charge on any atom is -0.378 e. The van der Waals surface area contributed by atoms with Crippen LogP contribution in [0.25, 0.3) is 11.3 Å². The molecule has 0 bridgehead atoms. The van der Waals surface area contributed by atoms with Crippen LogP contribution in [0.5, 0.6) is 0 Å². The molecule has 2 aromatic rings. The molecule has 3 heterocycles. The van der Waals surface area contributed by atoms with E-state index in [1.807, 2.05) is 6.20 Å². The van der Waals surface area contributed by atoms with Gasteiger partial charge in [0, 0.05) is 56.9 Å². The van der Waals surface area contributed by atoms with E-state index < -0.39 is 0 Å². The molecular formula is C19H24N4. The topological polar surface area (TPSA) is 22.6 Å². The average Bonchev–Trinajstić information content (AvgIpc) is 2.92. The number of fused-ring (bicyclic) bond motifs is 1. The molecule has 2 aliphatic heterocycles. The van der Waals surface area contributed by atoms with Crippen LogP contribution in [0.4, 0.5) is 11.4 Å². The van der Waals surface area contributed by atoms with Crippen molar-refractivity contribution in [3.05, 3.63) is 42.6 Å². The van der Waals surface area contributed by atoms with Gasteiger partial charge in [-0.05, 0) is 31.3 Å². The Morgan fingerprint density at radius 1 is 1.00 bits per heavy atom. The summed E-state index contributed by atoms with van der Waals surface area (Å²) in [5, 5.41) is 0. The highest BCUT2D eigenvalue weighted by Crippen LogP contribution is 2.33. The van der Waals surface area contributed by atoms with E-state index in [2.05, 4.69) is 77.2 Å². The molecule has 2 unspecified atom stereocenters. The number of hydrogen-bond donors (Lipinski definition) is 0. The van der Waals surface area contributed by atoms with Crippen molar-refractivity contribution in [3.63, 3.8) is 0 Å². The van der Waals surface area contributed by atoms with Crippen molar-refractivity contribution in [2.75, 3.05) is 50.6 Å². The minimum atomic E-state index is 0.744. The number of likely N-dealkylation sites (N-methyl/N-ethyl adjacent to an activating group) is 1. The number of aromatic nitrogens is 1. The highest BCUT2D eigenvalue weighted by atomic mass is 15.3. The Bertz CT molecular complexity index is 678. The highest BCUT2D eigenvalue weighted by Gasteiger charge is 2.43. The SMILES string of the molecule is CN(C)c1ccc(-c2ccc(N3CC4CN(C)C4C3)cn2)cc1. The molecule has 23 heavy (non-hydrogen) atoms. The van der Waals surface area contributed by atoms with Gasteiger partial charge in [-0.2, -0.15) is 0 Å². The van der Waals surface area contributed by atoms with E-state index in [4.69, 9.17) is 0 Å². The van der Waals surface area contributed by atoms with Crippen molar-refractivity contribution >= 4 is 11.4 Å². The second kappa shape index (κ2) is 5.53. The molecule has 2 saturated heterocycles. The van der Waals surface area contributed by atoms with Crippen LogP contribution in [0.3, 0.4) is 0 Å². The molecule has 4 heteroatoms. The predicted octanol–water partition coefficient (Wildman–Crippen LogP) is 2.56. The summed E-state index contributed by atoms with van der Waals surface area (Å²) in [6.45, 7) is 3.55. The molecule has 1 aromatic heterocycles. The fraction of sp³-hybridized carbons (Fsp3) is 0.421. The van der Waals surface area contributed by atoms with E-state index in [1.54, 1.807) is 0 Å². The molecule has 0 N–H and O–H groups in total. The molecule has 4 nitrogen and oxygen atoms in total. The molecule has 2 aliphatic rings. The molecule has 4 rings (SSSR count). The van der Waals surface area contributed by atoms with Crippen molar-refractivity contribution in [3.8, 4) is 11.3 Å². The summed E-state index contributed by atoms with van der Waals surface area (Å²) >= 11 is 0. The largest absolute Gasteiger partial charge is 0.378 e. The zero-order valence-electron chi connectivity index (χ0n) is 14.1. The lowest BCUT2D eigenvalue weighted by Gasteiger charge is -2.40. The quantitative estimate of drug-likeness (QED) is 0.869. The second-order valence-corrected chi connectivity index (χ2v) is 7.01. The maximum atomic E-state index is 4.69. The summed E-state index contributed by atoms with van der Waals surface area (Å²) in [5.74, 6) is 0.846. The lowest BCUT2D eigenvalue weighted by molar-refractivity contribution is 0.0827. The number of pyridine rings is 1. The smallest absolute Gasteiger partial charge is 0.0703 e. The first-order valence-corrected chi connectivity index (χ1v) is 8.31. The second-order valence-electron chi connectivity index (χ2n) is 7.01. The summed E-state index contributed by atoms with van der Waals surface area (Å²) in [7, 11) is 6.34. The van der Waals surface area contributed by atoms with Crippen LogP contribution < -0.4 is 9.80 Å². The number of benzene rings is 1. The Morgan fingerprint density at radius 2 is 1.78 bits per heavy atom. The summed E-state index contributed by atoms with van der Waals surface area (Å²) in [6.07, 6.45) is 2.03. The van der Waals surface area contributed by atoms with Crippen molar-refractivity contribution in [1.82, 2.24) is 9.88 Å². The first-order valence-electron chi connectivity index (χ1n) is 8.31. The molecule has 120 valence electrons. The zero-order valence-corrected chi connectivity index (χ0v) is 14.1. The normalized spacial score (nSPS) is 23.5. The summed E-state index contributed by atoms with van der Waals surface area (Å²) in [6, 6.07) is 13.7. The minimum absolute atomic E-state index is 0.744. The maximum absolute atomic E-state index is 4.69. The van der Waals surface area contributed by atoms with Gasteiger partial charge in [-0.1, -0.05) is 12.1 Å². The molecule has 1 aromatic carbocycles. The third-order valence-corrected chi connectivity index (χ3v) is 5.29. The summed E-state index contributed by atoms with van der Waals surface area (Å²) in [4.78, 5) is 11.7. The van der Waals surface area contributed by atoms with Gasteiger partial charge in [0.2, 0.25) is 0 Å².